The normalized spacial score (nSPS) is 15.2. The molecule has 0 fully saturated rings. The van der Waals surface area contributed by atoms with Crippen molar-refractivity contribution in [3.05, 3.63) is 71.4 Å². The van der Waals surface area contributed by atoms with Crippen molar-refractivity contribution in [1.82, 2.24) is 4.98 Å². The highest BCUT2D eigenvalue weighted by atomic mass is 79.9. The standard InChI is InChI=1S/C20H16BrF5N2O/c1-11-8-9-12-15(27-11)6-3-7-16(12)28-18(19(29,10-21)20(24,25)26)17-13(22)4-2-5-14(17)23/h2-9,18,28-29H,10H2,1H3. The van der Waals surface area contributed by atoms with Crippen molar-refractivity contribution in [3.8, 4) is 0 Å². The molecule has 9 heteroatoms. The second-order valence-corrected chi connectivity index (χ2v) is 7.15. The maximum Gasteiger partial charge on any atom is 0.420 e. The summed E-state index contributed by atoms with van der Waals surface area (Å²) in [5.41, 5.74) is -3.10. The van der Waals surface area contributed by atoms with E-state index < -0.39 is 40.3 Å². The molecule has 0 bridgehead atoms. The number of hydrogen-bond donors (Lipinski definition) is 2. The van der Waals surface area contributed by atoms with Crippen molar-refractivity contribution in [1.29, 1.82) is 0 Å². The van der Waals surface area contributed by atoms with E-state index >= 15 is 0 Å². The lowest BCUT2D eigenvalue weighted by atomic mass is 9.88. The van der Waals surface area contributed by atoms with Gasteiger partial charge in [-0.15, -0.1) is 0 Å². The number of pyridine rings is 1. The number of halogens is 6. The van der Waals surface area contributed by atoms with Crippen LogP contribution in [0.15, 0.2) is 48.5 Å². The molecule has 0 saturated heterocycles. The lowest BCUT2D eigenvalue weighted by Crippen LogP contribution is -2.54. The molecular formula is C20H16BrF5N2O. The number of aromatic nitrogens is 1. The molecule has 3 nitrogen and oxygen atoms in total. The van der Waals surface area contributed by atoms with E-state index in [1.54, 1.807) is 31.2 Å². The molecule has 2 N–H and O–H groups in total. The fraction of sp³-hybridized carbons (Fsp3) is 0.250. The van der Waals surface area contributed by atoms with Crippen LogP contribution in [0.25, 0.3) is 10.9 Å². The van der Waals surface area contributed by atoms with E-state index in [0.717, 1.165) is 18.2 Å². The Hall–Kier alpha value is -2.26. The monoisotopic (exact) mass is 474 g/mol. The Balaban J connectivity index is 2.22. The van der Waals surface area contributed by atoms with Crippen LogP contribution in [0.4, 0.5) is 27.6 Å². The van der Waals surface area contributed by atoms with Crippen molar-refractivity contribution in [2.75, 3.05) is 10.6 Å². The molecule has 2 atom stereocenters. The van der Waals surface area contributed by atoms with E-state index in [-0.39, 0.29) is 5.69 Å². The first kappa shape index (κ1) is 21.4. The lowest BCUT2D eigenvalue weighted by Gasteiger charge is -2.38. The Bertz CT molecular complexity index is 1020. The minimum Gasteiger partial charge on any atom is -0.378 e. The third-order valence-corrected chi connectivity index (χ3v) is 5.49. The second kappa shape index (κ2) is 7.87. The van der Waals surface area contributed by atoms with Gasteiger partial charge in [-0.3, -0.25) is 4.98 Å². The molecule has 3 aromatic rings. The molecule has 0 radical (unpaired) electrons. The summed E-state index contributed by atoms with van der Waals surface area (Å²) in [5, 5.41) is 12.5. The predicted octanol–water partition coefficient (Wildman–Crippen LogP) is 5.66. The van der Waals surface area contributed by atoms with Gasteiger partial charge in [-0.05, 0) is 43.3 Å². The Labute approximate surface area is 171 Å². The molecule has 29 heavy (non-hydrogen) atoms. The number of aliphatic hydroxyl groups is 1. The van der Waals surface area contributed by atoms with Crippen molar-refractivity contribution in [2.24, 2.45) is 0 Å². The van der Waals surface area contributed by atoms with E-state index in [9.17, 15) is 27.1 Å². The maximum absolute atomic E-state index is 14.4. The molecule has 2 aromatic carbocycles. The van der Waals surface area contributed by atoms with Crippen LogP contribution in [0.1, 0.15) is 17.3 Å². The minimum atomic E-state index is -5.19. The summed E-state index contributed by atoms with van der Waals surface area (Å²) in [6, 6.07) is 8.50. The van der Waals surface area contributed by atoms with Crippen molar-refractivity contribution in [2.45, 2.75) is 24.7 Å². The van der Waals surface area contributed by atoms with Gasteiger partial charge in [-0.2, -0.15) is 13.2 Å². The second-order valence-electron chi connectivity index (χ2n) is 6.59. The molecule has 154 valence electrons. The van der Waals surface area contributed by atoms with Gasteiger partial charge in [-0.25, -0.2) is 8.78 Å². The molecule has 2 unspecified atom stereocenters. The smallest absolute Gasteiger partial charge is 0.378 e. The molecule has 1 aromatic heterocycles. The van der Waals surface area contributed by atoms with Gasteiger partial charge in [-0.1, -0.05) is 28.1 Å². The molecule has 0 amide bonds. The topological polar surface area (TPSA) is 45.1 Å². The Morgan fingerprint density at radius 1 is 1.03 bits per heavy atom. The molecule has 0 spiro atoms. The van der Waals surface area contributed by atoms with Crippen molar-refractivity contribution >= 4 is 32.5 Å². The number of benzene rings is 2. The van der Waals surface area contributed by atoms with Crippen LogP contribution in [0.2, 0.25) is 0 Å². The highest BCUT2D eigenvalue weighted by Crippen LogP contribution is 2.45. The summed E-state index contributed by atoms with van der Waals surface area (Å²) < 4.78 is 70.3. The van der Waals surface area contributed by atoms with Gasteiger partial charge in [0.25, 0.3) is 0 Å². The Kier molecular flexibility index (Phi) is 5.82. The number of alkyl halides is 4. The van der Waals surface area contributed by atoms with E-state index in [4.69, 9.17) is 0 Å². The first-order valence-electron chi connectivity index (χ1n) is 8.50. The highest BCUT2D eigenvalue weighted by Gasteiger charge is 2.59. The first-order valence-corrected chi connectivity index (χ1v) is 9.62. The van der Waals surface area contributed by atoms with Crippen LogP contribution in [0.3, 0.4) is 0 Å². The zero-order valence-electron chi connectivity index (χ0n) is 15.1. The molecule has 0 saturated carbocycles. The summed E-state index contributed by atoms with van der Waals surface area (Å²) in [5.74, 6) is -2.42. The SMILES string of the molecule is Cc1ccc2c(NC(c3c(F)cccc3F)C(O)(CBr)C(F)(F)F)cccc2n1. The number of aryl methyl sites for hydroxylation is 1. The van der Waals surface area contributed by atoms with Gasteiger partial charge < -0.3 is 10.4 Å². The van der Waals surface area contributed by atoms with Gasteiger partial charge in [0.15, 0.2) is 5.60 Å². The van der Waals surface area contributed by atoms with Gasteiger partial charge in [0.1, 0.15) is 11.6 Å². The summed E-state index contributed by atoms with van der Waals surface area (Å²) in [6.45, 7) is 1.75. The quantitative estimate of drug-likeness (QED) is 0.370. The van der Waals surface area contributed by atoms with E-state index in [0.29, 0.717) is 16.6 Å². The van der Waals surface area contributed by atoms with Gasteiger partial charge in [0.2, 0.25) is 0 Å². The molecule has 1 heterocycles. The van der Waals surface area contributed by atoms with Crippen LogP contribution in [0, 0.1) is 18.6 Å². The fourth-order valence-electron chi connectivity index (χ4n) is 3.07. The largest absolute Gasteiger partial charge is 0.420 e. The molecule has 0 aliphatic heterocycles. The molecule has 3 rings (SSSR count). The molecular weight excluding hydrogens is 459 g/mol. The summed E-state index contributed by atoms with van der Waals surface area (Å²) >= 11 is 2.66. The average Bonchev–Trinajstić information content (AvgIpc) is 2.65. The number of nitrogens with zero attached hydrogens (tertiary/aromatic N) is 1. The first-order chi connectivity index (χ1) is 13.6. The summed E-state index contributed by atoms with van der Waals surface area (Å²) in [6.07, 6.45) is -5.19. The van der Waals surface area contributed by atoms with Gasteiger partial charge in [0.05, 0.1) is 11.6 Å². The van der Waals surface area contributed by atoms with Gasteiger partial charge >= 0.3 is 6.18 Å². The Morgan fingerprint density at radius 3 is 2.24 bits per heavy atom. The van der Waals surface area contributed by atoms with Crippen molar-refractivity contribution in [3.63, 3.8) is 0 Å². The zero-order chi connectivity index (χ0) is 21.4. The van der Waals surface area contributed by atoms with E-state index in [1.807, 2.05) is 0 Å². The fourth-order valence-corrected chi connectivity index (χ4v) is 3.71. The minimum absolute atomic E-state index is 0.145. The number of hydrogen-bond acceptors (Lipinski definition) is 3. The average molecular weight is 475 g/mol. The van der Waals surface area contributed by atoms with Crippen molar-refractivity contribution < 1.29 is 27.1 Å². The zero-order valence-corrected chi connectivity index (χ0v) is 16.7. The van der Waals surface area contributed by atoms with Crippen LogP contribution in [-0.2, 0) is 0 Å². The summed E-state index contributed by atoms with van der Waals surface area (Å²) in [4.78, 5) is 4.30. The summed E-state index contributed by atoms with van der Waals surface area (Å²) in [7, 11) is 0. The lowest BCUT2D eigenvalue weighted by molar-refractivity contribution is -0.256. The number of anilines is 1. The third-order valence-electron chi connectivity index (χ3n) is 4.63. The maximum atomic E-state index is 14.4. The van der Waals surface area contributed by atoms with Crippen LogP contribution in [-0.4, -0.2) is 27.2 Å². The van der Waals surface area contributed by atoms with E-state index in [1.165, 1.54) is 6.07 Å². The number of fused-ring (bicyclic) bond motifs is 1. The highest BCUT2D eigenvalue weighted by molar-refractivity contribution is 9.09. The van der Waals surface area contributed by atoms with Crippen LogP contribution in [0.5, 0.6) is 0 Å². The molecule has 0 aliphatic carbocycles. The van der Waals surface area contributed by atoms with Crippen LogP contribution >= 0.6 is 15.9 Å². The number of nitrogens with one attached hydrogen (secondary N) is 1. The Morgan fingerprint density at radius 2 is 1.66 bits per heavy atom. The third kappa shape index (κ3) is 3.93. The molecule has 0 aliphatic rings. The van der Waals surface area contributed by atoms with Crippen LogP contribution < -0.4 is 5.32 Å². The van der Waals surface area contributed by atoms with Gasteiger partial charge in [0, 0.05) is 27.7 Å². The number of rotatable bonds is 5. The van der Waals surface area contributed by atoms with E-state index in [2.05, 4.69) is 26.2 Å². The predicted molar refractivity (Wildman–Crippen MR) is 104 cm³/mol.